The Morgan fingerprint density at radius 1 is 1.50 bits per heavy atom. The topological polar surface area (TPSA) is 44.0 Å². The van der Waals surface area contributed by atoms with Crippen LogP contribution in [0.2, 0.25) is 0 Å². The van der Waals surface area contributed by atoms with Crippen molar-refractivity contribution in [2.45, 2.75) is 6.61 Å². The molecular weight excluding hydrogens is 201 g/mol. The van der Waals surface area contributed by atoms with Gasteiger partial charge < -0.3 is 5.11 Å². The Labute approximate surface area is 83.8 Å². The molecule has 0 bridgehead atoms. The zero-order chi connectivity index (χ0) is 10.1. The molecule has 0 aliphatic heterocycles. The van der Waals surface area contributed by atoms with Gasteiger partial charge in [0.25, 0.3) is 0 Å². The van der Waals surface area contributed by atoms with E-state index in [0.29, 0.717) is 16.5 Å². The van der Waals surface area contributed by atoms with Crippen LogP contribution in [0, 0.1) is 17.1 Å². The predicted molar refractivity (Wildman–Crippen MR) is 52.4 cm³/mol. The Hall–Kier alpha value is -1.44. The van der Waals surface area contributed by atoms with Crippen molar-refractivity contribution in [1.29, 1.82) is 5.26 Å². The summed E-state index contributed by atoms with van der Waals surface area (Å²) in [4.78, 5) is 0. The number of fused-ring (bicyclic) bond motifs is 1. The zero-order valence-electron chi connectivity index (χ0n) is 7.12. The minimum Gasteiger partial charge on any atom is -0.392 e. The first-order valence-electron chi connectivity index (χ1n) is 3.97. The first-order valence-corrected chi connectivity index (χ1v) is 4.85. The lowest BCUT2D eigenvalue weighted by Gasteiger charge is -1.99. The molecule has 0 aliphatic rings. The number of hydrogen-bond donors (Lipinski definition) is 1. The lowest BCUT2D eigenvalue weighted by Crippen LogP contribution is -1.88. The number of thiophene rings is 1. The third-order valence-electron chi connectivity index (χ3n) is 2.04. The van der Waals surface area contributed by atoms with Crippen molar-refractivity contribution in [1.82, 2.24) is 0 Å². The van der Waals surface area contributed by atoms with Gasteiger partial charge in [-0.25, -0.2) is 4.39 Å². The van der Waals surface area contributed by atoms with E-state index in [4.69, 9.17) is 10.4 Å². The molecule has 0 amide bonds. The summed E-state index contributed by atoms with van der Waals surface area (Å²) in [5, 5.41) is 19.6. The molecule has 1 N–H and O–H groups in total. The maximum atomic E-state index is 13.1. The van der Waals surface area contributed by atoms with E-state index in [1.165, 1.54) is 22.8 Å². The van der Waals surface area contributed by atoms with Gasteiger partial charge in [0.2, 0.25) is 0 Å². The van der Waals surface area contributed by atoms with Crippen LogP contribution >= 0.6 is 11.3 Å². The van der Waals surface area contributed by atoms with Crippen LogP contribution in [0.3, 0.4) is 0 Å². The Kier molecular flexibility index (Phi) is 2.20. The number of rotatable bonds is 1. The van der Waals surface area contributed by atoms with Gasteiger partial charge in [0.05, 0.1) is 18.2 Å². The third kappa shape index (κ3) is 1.27. The van der Waals surface area contributed by atoms with Crippen molar-refractivity contribution in [3.8, 4) is 6.07 Å². The van der Waals surface area contributed by atoms with Gasteiger partial charge in [-0.1, -0.05) is 0 Å². The van der Waals surface area contributed by atoms with Crippen LogP contribution in [0.5, 0.6) is 0 Å². The minimum atomic E-state index is -0.302. The number of aliphatic hydroxyl groups excluding tert-OH is 1. The summed E-state index contributed by atoms with van der Waals surface area (Å²) in [6.07, 6.45) is 0. The van der Waals surface area contributed by atoms with E-state index in [9.17, 15) is 4.39 Å². The first kappa shape index (κ1) is 9.13. The highest BCUT2D eigenvalue weighted by molar-refractivity contribution is 7.17. The van der Waals surface area contributed by atoms with Crippen LogP contribution in [0.15, 0.2) is 17.5 Å². The second-order valence-electron chi connectivity index (χ2n) is 2.86. The second kappa shape index (κ2) is 3.37. The summed E-state index contributed by atoms with van der Waals surface area (Å²) >= 11 is 1.25. The summed E-state index contributed by atoms with van der Waals surface area (Å²) in [7, 11) is 0. The van der Waals surface area contributed by atoms with Gasteiger partial charge in [-0.05, 0) is 17.7 Å². The lowest BCUT2D eigenvalue weighted by atomic mass is 10.1. The summed E-state index contributed by atoms with van der Waals surface area (Å²) in [5.41, 5.74) is 0.874. The quantitative estimate of drug-likeness (QED) is 0.780. The molecular formula is C10H6FNOS. The van der Waals surface area contributed by atoms with Gasteiger partial charge in [-0.2, -0.15) is 5.26 Å². The normalized spacial score (nSPS) is 10.4. The third-order valence-corrected chi connectivity index (χ3v) is 2.96. The highest BCUT2D eigenvalue weighted by Gasteiger charge is 2.08. The lowest BCUT2D eigenvalue weighted by molar-refractivity contribution is 0.281. The SMILES string of the molecule is N#Cc1cc2scc(F)c2cc1CO. The van der Waals surface area contributed by atoms with E-state index < -0.39 is 0 Å². The average molecular weight is 207 g/mol. The summed E-state index contributed by atoms with van der Waals surface area (Å²) in [6.45, 7) is -0.242. The molecule has 0 saturated carbocycles. The fourth-order valence-corrected chi connectivity index (χ4v) is 2.15. The van der Waals surface area contributed by atoms with Crippen molar-refractivity contribution in [2.24, 2.45) is 0 Å². The second-order valence-corrected chi connectivity index (χ2v) is 3.77. The van der Waals surface area contributed by atoms with Crippen LogP contribution in [0.1, 0.15) is 11.1 Å². The van der Waals surface area contributed by atoms with Gasteiger partial charge in [-0.3, -0.25) is 0 Å². The molecule has 14 heavy (non-hydrogen) atoms. The van der Waals surface area contributed by atoms with Gasteiger partial charge in [0, 0.05) is 15.5 Å². The molecule has 2 nitrogen and oxygen atoms in total. The Morgan fingerprint density at radius 3 is 2.93 bits per heavy atom. The van der Waals surface area contributed by atoms with Crippen LogP contribution < -0.4 is 0 Å². The number of nitrogens with zero attached hydrogens (tertiary/aromatic N) is 1. The van der Waals surface area contributed by atoms with Crippen molar-refractivity contribution >= 4 is 21.4 Å². The zero-order valence-corrected chi connectivity index (χ0v) is 7.94. The summed E-state index contributed by atoms with van der Waals surface area (Å²) in [5.74, 6) is -0.302. The van der Waals surface area contributed by atoms with Gasteiger partial charge in [-0.15, -0.1) is 11.3 Å². The number of aliphatic hydroxyl groups is 1. The van der Waals surface area contributed by atoms with Crippen LogP contribution in [-0.4, -0.2) is 5.11 Å². The van der Waals surface area contributed by atoms with E-state index in [-0.39, 0.29) is 12.4 Å². The van der Waals surface area contributed by atoms with E-state index >= 15 is 0 Å². The number of halogens is 1. The predicted octanol–water partition coefficient (Wildman–Crippen LogP) is 2.40. The minimum absolute atomic E-state index is 0.242. The molecule has 0 fully saturated rings. The Bertz CT molecular complexity index is 527. The van der Waals surface area contributed by atoms with E-state index in [1.807, 2.05) is 6.07 Å². The van der Waals surface area contributed by atoms with Crippen LogP contribution in [0.25, 0.3) is 10.1 Å². The molecule has 0 saturated heterocycles. The van der Waals surface area contributed by atoms with E-state index in [0.717, 1.165) is 4.70 Å². The number of nitriles is 1. The fourth-order valence-electron chi connectivity index (χ4n) is 1.32. The molecule has 1 aromatic carbocycles. The van der Waals surface area contributed by atoms with E-state index in [1.54, 1.807) is 6.07 Å². The largest absolute Gasteiger partial charge is 0.392 e. The van der Waals surface area contributed by atoms with Crippen molar-refractivity contribution in [2.75, 3.05) is 0 Å². The molecule has 0 radical (unpaired) electrons. The molecule has 70 valence electrons. The highest BCUT2D eigenvalue weighted by atomic mass is 32.1. The van der Waals surface area contributed by atoms with Gasteiger partial charge >= 0.3 is 0 Å². The molecule has 1 aromatic heterocycles. The van der Waals surface area contributed by atoms with Crippen molar-refractivity contribution in [3.63, 3.8) is 0 Å². The van der Waals surface area contributed by atoms with Crippen LogP contribution in [-0.2, 0) is 6.61 Å². The molecule has 0 unspecified atom stereocenters. The fraction of sp³-hybridized carbons (Fsp3) is 0.100. The highest BCUT2D eigenvalue weighted by Crippen LogP contribution is 2.27. The first-order chi connectivity index (χ1) is 6.76. The summed E-state index contributed by atoms with van der Waals surface area (Å²) < 4.78 is 13.9. The maximum Gasteiger partial charge on any atom is 0.141 e. The van der Waals surface area contributed by atoms with Crippen LogP contribution in [0.4, 0.5) is 4.39 Å². The Balaban J connectivity index is 2.79. The summed E-state index contributed by atoms with van der Waals surface area (Å²) in [6, 6.07) is 5.11. The molecule has 0 aliphatic carbocycles. The van der Waals surface area contributed by atoms with Crippen molar-refractivity contribution in [3.05, 3.63) is 34.5 Å². The van der Waals surface area contributed by atoms with Crippen molar-refractivity contribution < 1.29 is 9.50 Å². The number of benzene rings is 1. The molecule has 2 rings (SSSR count). The monoisotopic (exact) mass is 207 g/mol. The van der Waals surface area contributed by atoms with Gasteiger partial charge in [0.15, 0.2) is 0 Å². The average Bonchev–Trinajstić information content (AvgIpc) is 2.58. The van der Waals surface area contributed by atoms with Gasteiger partial charge in [0.1, 0.15) is 5.82 Å². The standard InChI is InChI=1S/C10H6FNOS/c11-9-5-14-10-2-6(3-12)7(4-13)1-8(9)10/h1-2,5,13H,4H2. The molecule has 1 heterocycles. The number of hydrogen-bond acceptors (Lipinski definition) is 3. The van der Waals surface area contributed by atoms with E-state index in [2.05, 4.69) is 0 Å². The molecule has 2 aromatic rings. The smallest absolute Gasteiger partial charge is 0.141 e. The molecule has 0 atom stereocenters. The Morgan fingerprint density at radius 2 is 2.29 bits per heavy atom. The molecule has 4 heteroatoms. The maximum absolute atomic E-state index is 13.1. The molecule has 0 spiro atoms.